The molecule has 0 aliphatic heterocycles. The van der Waals surface area contributed by atoms with Crippen LogP contribution in [-0.2, 0) is 0 Å². The molecule has 0 saturated carbocycles. The second kappa shape index (κ2) is 11.1. The maximum Gasteiger partial charge on any atom is 0.0509 e. The number of rotatable bonds is 11. The van der Waals surface area contributed by atoms with E-state index in [0.29, 0.717) is 6.04 Å². The molecular formula is C13H29N3. The predicted octanol–water partition coefficient (Wildman–Crippen LogP) is 2.18. The highest BCUT2D eigenvalue weighted by molar-refractivity contribution is 5.23. The molecular weight excluding hydrogens is 198 g/mol. The van der Waals surface area contributed by atoms with Crippen molar-refractivity contribution in [3.63, 3.8) is 0 Å². The quantitative estimate of drug-likeness (QED) is 0.433. The number of unbranched alkanes of at least 4 members (excludes halogenated alkanes) is 1. The number of hydrogen-bond acceptors (Lipinski definition) is 3. The summed E-state index contributed by atoms with van der Waals surface area (Å²) in [6.45, 7) is 12.2. The molecule has 0 bridgehead atoms. The van der Waals surface area contributed by atoms with Gasteiger partial charge in [-0.15, -0.1) is 0 Å². The zero-order chi connectivity index (χ0) is 12.2. The molecule has 16 heavy (non-hydrogen) atoms. The number of hydrogen-bond donors (Lipinski definition) is 1. The van der Waals surface area contributed by atoms with Gasteiger partial charge in [-0.25, -0.2) is 0 Å². The van der Waals surface area contributed by atoms with Gasteiger partial charge in [0.25, 0.3) is 0 Å². The van der Waals surface area contributed by atoms with Crippen LogP contribution in [0.5, 0.6) is 0 Å². The molecule has 0 rings (SSSR count). The molecule has 0 aliphatic rings. The largest absolute Gasteiger partial charge is 0.314 e. The maximum atomic E-state index is 3.88. The van der Waals surface area contributed by atoms with Crippen LogP contribution in [0.4, 0.5) is 0 Å². The van der Waals surface area contributed by atoms with Crippen LogP contribution < -0.4 is 5.32 Å². The fourth-order valence-corrected chi connectivity index (χ4v) is 1.66. The molecule has 0 heterocycles. The van der Waals surface area contributed by atoms with E-state index in [1.54, 1.807) is 0 Å². The van der Waals surface area contributed by atoms with Crippen molar-refractivity contribution in [2.24, 2.45) is 4.99 Å². The Bertz CT molecular complexity index is 159. The van der Waals surface area contributed by atoms with Gasteiger partial charge in [0.2, 0.25) is 0 Å². The summed E-state index contributed by atoms with van der Waals surface area (Å²) in [6.07, 6.45) is 5.01. The lowest BCUT2D eigenvalue weighted by molar-refractivity contribution is 0.310. The van der Waals surface area contributed by atoms with Gasteiger partial charge in [-0.1, -0.05) is 20.3 Å². The Morgan fingerprint density at radius 2 is 2.06 bits per heavy atom. The lowest BCUT2D eigenvalue weighted by Gasteiger charge is -2.21. The van der Waals surface area contributed by atoms with Crippen molar-refractivity contribution in [2.75, 3.05) is 33.2 Å². The average Bonchev–Trinajstić information content (AvgIpc) is 2.31. The topological polar surface area (TPSA) is 27.6 Å². The molecule has 1 atom stereocenters. The van der Waals surface area contributed by atoms with E-state index in [-0.39, 0.29) is 0 Å². The molecule has 0 radical (unpaired) electrons. The van der Waals surface area contributed by atoms with E-state index in [1.165, 1.54) is 25.7 Å². The van der Waals surface area contributed by atoms with Crippen molar-refractivity contribution in [3.8, 4) is 0 Å². The summed E-state index contributed by atoms with van der Waals surface area (Å²) in [5, 5.41) is 3.62. The SMILES string of the molecule is C=NCCN(C)CCC(CC)NCCCC. The number of nitrogens with zero attached hydrogens (tertiary/aromatic N) is 2. The first kappa shape index (κ1) is 15.6. The third kappa shape index (κ3) is 8.86. The average molecular weight is 227 g/mol. The standard InChI is InChI=1S/C13H29N3/c1-5-7-9-15-13(6-2)8-11-16(4)12-10-14-3/h13,15H,3,5-12H2,1-2,4H3. The highest BCUT2D eigenvalue weighted by Crippen LogP contribution is 2.00. The molecule has 0 saturated heterocycles. The number of likely N-dealkylation sites (N-methyl/N-ethyl adjacent to an activating group) is 1. The van der Waals surface area contributed by atoms with Crippen LogP contribution in [0, 0.1) is 0 Å². The van der Waals surface area contributed by atoms with Crippen molar-refractivity contribution < 1.29 is 0 Å². The van der Waals surface area contributed by atoms with Crippen LogP contribution in [0.2, 0.25) is 0 Å². The van der Waals surface area contributed by atoms with Gasteiger partial charge < -0.3 is 10.2 Å². The van der Waals surface area contributed by atoms with E-state index in [2.05, 4.69) is 42.8 Å². The first-order valence-electron chi connectivity index (χ1n) is 6.59. The lowest BCUT2D eigenvalue weighted by Crippen LogP contribution is -2.34. The molecule has 0 fully saturated rings. The summed E-state index contributed by atoms with van der Waals surface area (Å²) in [6, 6.07) is 0.672. The van der Waals surface area contributed by atoms with Crippen molar-refractivity contribution in [1.29, 1.82) is 0 Å². The van der Waals surface area contributed by atoms with Crippen LogP contribution in [-0.4, -0.2) is 50.9 Å². The van der Waals surface area contributed by atoms with Crippen molar-refractivity contribution in [3.05, 3.63) is 0 Å². The highest BCUT2D eigenvalue weighted by atomic mass is 15.1. The maximum absolute atomic E-state index is 3.88. The molecule has 0 spiro atoms. The van der Waals surface area contributed by atoms with Crippen LogP contribution in [0.1, 0.15) is 39.5 Å². The van der Waals surface area contributed by atoms with Gasteiger partial charge in [0.05, 0.1) is 6.54 Å². The molecule has 3 nitrogen and oxygen atoms in total. The molecule has 3 heteroatoms. The van der Waals surface area contributed by atoms with Crippen molar-refractivity contribution in [1.82, 2.24) is 10.2 Å². The predicted molar refractivity (Wildman–Crippen MR) is 73.5 cm³/mol. The third-order valence-electron chi connectivity index (χ3n) is 2.96. The minimum atomic E-state index is 0.672. The van der Waals surface area contributed by atoms with E-state index in [4.69, 9.17) is 0 Å². The number of aliphatic imine (C=N–C) groups is 1. The van der Waals surface area contributed by atoms with Gasteiger partial charge in [-0.05, 0) is 46.1 Å². The van der Waals surface area contributed by atoms with Crippen LogP contribution in [0.15, 0.2) is 4.99 Å². The zero-order valence-corrected chi connectivity index (χ0v) is 11.3. The summed E-state index contributed by atoms with van der Waals surface area (Å²) in [4.78, 5) is 6.21. The Labute approximate surface area is 101 Å². The summed E-state index contributed by atoms with van der Waals surface area (Å²) < 4.78 is 0. The Kier molecular flexibility index (Phi) is 10.8. The molecule has 0 aromatic rings. The van der Waals surface area contributed by atoms with Gasteiger partial charge >= 0.3 is 0 Å². The van der Waals surface area contributed by atoms with Gasteiger partial charge in [-0.3, -0.25) is 4.99 Å². The highest BCUT2D eigenvalue weighted by Gasteiger charge is 2.06. The molecule has 1 unspecified atom stereocenters. The Morgan fingerprint density at radius 1 is 1.31 bits per heavy atom. The second-order valence-electron chi connectivity index (χ2n) is 4.45. The molecule has 0 aliphatic carbocycles. The van der Waals surface area contributed by atoms with Crippen molar-refractivity contribution >= 4 is 6.72 Å². The van der Waals surface area contributed by atoms with Gasteiger partial charge in [0.1, 0.15) is 0 Å². The van der Waals surface area contributed by atoms with Crippen LogP contribution in [0.3, 0.4) is 0 Å². The first-order valence-corrected chi connectivity index (χ1v) is 6.59. The first-order chi connectivity index (χ1) is 7.74. The van der Waals surface area contributed by atoms with E-state index < -0.39 is 0 Å². The van der Waals surface area contributed by atoms with Crippen LogP contribution >= 0.6 is 0 Å². The lowest BCUT2D eigenvalue weighted by atomic mass is 10.1. The normalized spacial score (nSPS) is 13.0. The van der Waals surface area contributed by atoms with Gasteiger partial charge in [0, 0.05) is 12.6 Å². The summed E-state index contributed by atoms with van der Waals surface area (Å²) in [5.41, 5.74) is 0. The monoisotopic (exact) mass is 227 g/mol. The van der Waals surface area contributed by atoms with E-state index >= 15 is 0 Å². The fraction of sp³-hybridized carbons (Fsp3) is 0.923. The fourth-order valence-electron chi connectivity index (χ4n) is 1.66. The summed E-state index contributed by atoms with van der Waals surface area (Å²) in [7, 11) is 2.16. The minimum absolute atomic E-state index is 0.672. The van der Waals surface area contributed by atoms with E-state index in [1.807, 2.05) is 0 Å². The molecule has 0 aromatic heterocycles. The van der Waals surface area contributed by atoms with Crippen molar-refractivity contribution in [2.45, 2.75) is 45.6 Å². The van der Waals surface area contributed by atoms with Gasteiger partial charge in [0.15, 0.2) is 0 Å². The zero-order valence-electron chi connectivity index (χ0n) is 11.3. The Balaban J connectivity index is 3.55. The molecule has 96 valence electrons. The van der Waals surface area contributed by atoms with Gasteiger partial charge in [-0.2, -0.15) is 0 Å². The third-order valence-corrected chi connectivity index (χ3v) is 2.96. The molecule has 1 N–H and O–H groups in total. The van der Waals surface area contributed by atoms with E-state index in [9.17, 15) is 0 Å². The van der Waals surface area contributed by atoms with Crippen LogP contribution in [0.25, 0.3) is 0 Å². The Morgan fingerprint density at radius 3 is 2.62 bits per heavy atom. The minimum Gasteiger partial charge on any atom is -0.314 e. The Hall–Kier alpha value is -0.410. The summed E-state index contributed by atoms with van der Waals surface area (Å²) in [5.74, 6) is 0. The molecule has 0 amide bonds. The second-order valence-corrected chi connectivity index (χ2v) is 4.45. The van der Waals surface area contributed by atoms with E-state index in [0.717, 1.165) is 26.2 Å². The molecule has 0 aromatic carbocycles. The number of nitrogens with one attached hydrogen (secondary N) is 1. The summed E-state index contributed by atoms with van der Waals surface area (Å²) >= 11 is 0. The smallest absolute Gasteiger partial charge is 0.0509 e.